The fourth-order valence-electron chi connectivity index (χ4n) is 1.31. The Hall–Kier alpha value is -1.47. The SMILES string of the molecule is COCCNC(=O)CN(C)S(=O)(=O)c1ccc(C#N)s1. The van der Waals surface area contributed by atoms with E-state index in [1.807, 2.05) is 6.07 Å². The molecule has 110 valence electrons. The van der Waals surface area contributed by atoms with E-state index in [4.69, 9.17) is 10.00 Å². The molecule has 0 aliphatic rings. The lowest BCUT2D eigenvalue weighted by atomic mass is 10.5. The Balaban J connectivity index is 2.68. The molecule has 0 fully saturated rings. The first kappa shape index (κ1) is 16.6. The molecule has 0 bridgehead atoms. The van der Waals surface area contributed by atoms with Crippen LogP contribution >= 0.6 is 11.3 Å². The lowest BCUT2D eigenvalue weighted by Crippen LogP contribution is -2.39. The molecule has 1 amide bonds. The van der Waals surface area contributed by atoms with Crippen molar-refractivity contribution in [2.24, 2.45) is 0 Å². The van der Waals surface area contributed by atoms with Gasteiger partial charge in [-0.1, -0.05) is 0 Å². The molecule has 0 aliphatic carbocycles. The average Bonchev–Trinajstić information content (AvgIpc) is 2.88. The highest BCUT2D eigenvalue weighted by Gasteiger charge is 2.24. The van der Waals surface area contributed by atoms with Crippen LogP contribution in [0.1, 0.15) is 4.88 Å². The third-order valence-corrected chi connectivity index (χ3v) is 5.61. The molecule has 0 saturated carbocycles. The van der Waals surface area contributed by atoms with Gasteiger partial charge in [0.15, 0.2) is 0 Å². The number of carbonyl (C=O) groups excluding carboxylic acids is 1. The fraction of sp³-hybridized carbons (Fsp3) is 0.455. The van der Waals surface area contributed by atoms with Gasteiger partial charge in [-0.15, -0.1) is 11.3 Å². The molecule has 1 rings (SSSR count). The van der Waals surface area contributed by atoms with Crippen molar-refractivity contribution in [3.05, 3.63) is 17.0 Å². The second-order valence-electron chi connectivity index (χ2n) is 3.83. The third kappa shape index (κ3) is 4.28. The number of sulfonamides is 1. The van der Waals surface area contributed by atoms with Gasteiger partial charge in [-0.2, -0.15) is 9.57 Å². The smallest absolute Gasteiger partial charge is 0.252 e. The monoisotopic (exact) mass is 317 g/mol. The van der Waals surface area contributed by atoms with Crippen LogP contribution in [0.5, 0.6) is 0 Å². The molecule has 0 radical (unpaired) electrons. The van der Waals surface area contributed by atoms with Gasteiger partial charge in [0.25, 0.3) is 10.0 Å². The van der Waals surface area contributed by atoms with Gasteiger partial charge in [0, 0.05) is 20.7 Å². The van der Waals surface area contributed by atoms with Crippen LogP contribution in [0.25, 0.3) is 0 Å². The Morgan fingerprint density at radius 2 is 2.25 bits per heavy atom. The van der Waals surface area contributed by atoms with E-state index >= 15 is 0 Å². The molecular formula is C11H15N3O4S2. The standard InChI is InChI=1S/C11H15N3O4S2/c1-14(8-10(15)13-5-6-18-2)20(16,17)11-4-3-9(7-12)19-11/h3-4H,5-6,8H2,1-2H3,(H,13,15). The molecule has 0 atom stereocenters. The number of thiophene rings is 1. The van der Waals surface area contributed by atoms with Gasteiger partial charge in [0.1, 0.15) is 15.2 Å². The van der Waals surface area contributed by atoms with Gasteiger partial charge in [-0.25, -0.2) is 8.42 Å². The van der Waals surface area contributed by atoms with E-state index < -0.39 is 15.9 Å². The fourth-order valence-corrected chi connectivity index (χ4v) is 3.75. The van der Waals surface area contributed by atoms with Gasteiger partial charge >= 0.3 is 0 Å². The molecule has 1 aromatic heterocycles. The lowest BCUT2D eigenvalue weighted by molar-refractivity contribution is -0.121. The number of ether oxygens (including phenoxy) is 1. The molecule has 1 N–H and O–H groups in total. The topological polar surface area (TPSA) is 99.5 Å². The van der Waals surface area contributed by atoms with Crippen molar-refractivity contribution in [3.8, 4) is 6.07 Å². The number of likely N-dealkylation sites (N-methyl/N-ethyl adjacent to an activating group) is 1. The first-order chi connectivity index (χ1) is 9.41. The minimum absolute atomic E-state index is 0.0428. The van der Waals surface area contributed by atoms with Crippen molar-refractivity contribution < 1.29 is 17.9 Å². The van der Waals surface area contributed by atoms with Crippen LogP contribution < -0.4 is 5.32 Å². The number of rotatable bonds is 7. The number of hydrogen-bond acceptors (Lipinski definition) is 6. The van der Waals surface area contributed by atoms with Gasteiger partial charge in [-0.05, 0) is 12.1 Å². The lowest BCUT2D eigenvalue weighted by Gasteiger charge is -2.15. The number of nitrogens with zero attached hydrogens (tertiary/aromatic N) is 2. The molecule has 7 nitrogen and oxygen atoms in total. The molecule has 20 heavy (non-hydrogen) atoms. The molecule has 0 aromatic carbocycles. The Kier molecular flexibility index (Phi) is 6.09. The summed E-state index contributed by atoms with van der Waals surface area (Å²) in [6.45, 7) is 0.394. The van der Waals surface area contributed by atoms with Gasteiger partial charge in [0.05, 0.1) is 13.2 Å². The first-order valence-corrected chi connectivity index (χ1v) is 7.89. The molecule has 0 unspecified atom stereocenters. The summed E-state index contributed by atoms with van der Waals surface area (Å²) in [5, 5.41) is 11.2. The highest BCUT2D eigenvalue weighted by molar-refractivity contribution is 7.91. The van der Waals surface area contributed by atoms with Crippen LogP contribution in [0.4, 0.5) is 0 Å². The predicted octanol–water partition coefficient (Wildman–Crippen LogP) is 0.00288. The van der Waals surface area contributed by atoms with Crippen molar-refractivity contribution in [2.45, 2.75) is 4.21 Å². The van der Waals surface area contributed by atoms with E-state index in [-0.39, 0.29) is 10.8 Å². The van der Waals surface area contributed by atoms with Crippen molar-refractivity contribution in [3.63, 3.8) is 0 Å². The van der Waals surface area contributed by atoms with E-state index in [1.165, 1.54) is 26.3 Å². The number of carbonyl (C=O) groups is 1. The van der Waals surface area contributed by atoms with Crippen molar-refractivity contribution in [1.82, 2.24) is 9.62 Å². The van der Waals surface area contributed by atoms with E-state index in [0.717, 1.165) is 15.6 Å². The van der Waals surface area contributed by atoms with Crippen molar-refractivity contribution in [2.75, 3.05) is 33.9 Å². The predicted molar refractivity (Wildman–Crippen MR) is 73.7 cm³/mol. The molecule has 0 aliphatic heterocycles. The largest absolute Gasteiger partial charge is 0.383 e. The normalized spacial score (nSPS) is 11.3. The Bertz CT molecular complexity index is 603. The van der Waals surface area contributed by atoms with Gasteiger partial charge < -0.3 is 10.1 Å². The van der Waals surface area contributed by atoms with E-state index in [1.54, 1.807) is 0 Å². The third-order valence-electron chi connectivity index (χ3n) is 2.35. The molecule has 1 heterocycles. The van der Waals surface area contributed by atoms with Crippen LogP contribution in [-0.4, -0.2) is 52.5 Å². The highest BCUT2D eigenvalue weighted by atomic mass is 32.2. The molecule has 0 spiro atoms. The first-order valence-electron chi connectivity index (χ1n) is 5.63. The zero-order chi connectivity index (χ0) is 15.2. The minimum atomic E-state index is -3.75. The van der Waals surface area contributed by atoms with Crippen LogP contribution in [0, 0.1) is 11.3 Å². The van der Waals surface area contributed by atoms with E-state index in [0.29, 0.717) is 18.0 Å². The summed E-state index contributed by atoms with van der Waals surface area (Å²) < 4.78 is 30.1. The molecule has 9 heteroatoms. The number of nitriles is 1. The summed E-state index contributed by atoms with van der Waals surface area (Å²) in [7, 11) is -0.923. The maximum atomic E-state index is 12.1. The summed E-state index contributed by atoms with van der Waals surface area (Å²) in [6, 6.07) is 4.67. The number of hydrogen-bond donors (Lipinski definition) is 1. The van der Waals surface area contributed by atoms with Gasteiger partial charge in [0.2, 0.25) is 5.91 Å². The summed E-state index contributed by atoms with van der Waals surface area (Å²) in [5.74, 6) is -0.412. The Morgan fingerprint density at radius 3 is 2.80 bits per heavy atom. The molecule has 1 aromatic rings. The maximum Gasteiger partial charge on any atom is 0.252 e. The number of methoxy groups -OCH3 is 1. The highest BCUT2D eigenvalue weighted by Crippen LogP contribution is 2.23. The second-order valence-corrected chi connectivity index (χ2v) is 7.19. The van der Waals surface area contributed by atoms with E-state index in [9.17, 15) is 13.2 Å². The zero-order valence-corrected chi connectivity index (χ0v) is 12.8. The summed E-state index contributed by atoms with van der Waals surface area (Å²) in [5.41, 5.74) is 0. The van der Waals surface area contributed by atoms with Crippen LogP contribution in [0.3, 0.4) is 0 Å². The Morgan fingerprint density at radius 1 is 1.55 bits per heavy atom. The zero-order valence-electron chi connectivity index (χ0n) is 11.1. The minimum Gasteiger partial charge on any atom is -0.383 e. The Labute approximate surface area is 121 Å². The number of nitrogens with one attached hydrogen (secondary N) is 1. The maximum absolute atomic E-state index is 12.1. The van der Waals surface area contributed by atoms with Crippen molar-refractivity contribution in [1.29, 1.82) is 5.26 Å². The summed E-state index contributed by atoms with van der Waals surface area (Å²) >= 11 is 0.874. The molecular weight excluding hydrogens is 302 g/mol. The summed E-state index contributed by atoms with van der Waals surface area (Å²) in [4.78, 5) is 11.9. The quantitative estimate of drug-likeness (QED) is 0.714. The van der Waals surface area contributed by atoms with Crippen molar-refractivity contribution >= 4 is 27.3 Å². The van der Waals surface area contributed by atoms with E-state index in [2.05, 4.69) is 5.32 Å². The second kappa shape index (κ2) is 7.35. The molecule has 0 saturated heterocycles. The van der Waals surface area contributed by atoms with Gasteiger partial charge in [-0.3, -0.25) is 4.79 Å². The van der Waals surface area contributed by atoms with Crippen LogP contribution in [0.15, 0.2) is 16.3 Å². The summed E-state index contributed by atoms with van der Waals surface area (Å²) in [6.07, 6.45) is 0. The van der Waals surface area contributed by atoms with Crippen LogP contribution in [-0.2, 0) is 19.6 Å². The average molecular weight is 317 g/mol. The number of amides is 1. The van der Waals surface area contributed by atoms with Crippen LogP contribution in [0.2, 0.25) is 0 Å².